The minimum absolute atomic E-state index is 0.260. The zero-order valence-electron chi connectivity index (χ0n) is 13.3. The average molecular weight is 349 g/mol. The lowest BCUT2D eigenvalue weighted by Gasteiger charge is -2.32. The normalized spacial score (nSPS) is 18.5. The van der Waals surface area contributed by atoms with Gasteiger partial charge in [0.25, 0.3) is 0 Å². The molecule has 3 rings (SSSR count). The molecule has 128 valence electrons. The maximum Gasteiger partial charge on any atom is 0.327 e. The molecule has 1 aromatic heterocycles. The molecule has 0 bridgehead atoms. The lowest BCUT2D eigenvalue weighted by Crippen LogP contribution is -2.37. The third-order valence-corrected chi connectivity index (χ3v) is 5.17. The van der Waals surface area contributed by atoms with E-state index in [1.165, 1.54) is 10.9 Å². The standard InChI is InChI=1S/C17H20FN3O2S/c18-15-6-1-7-16(17(15)21(22)23)19-10-13-4-2-8-20(11-13)12-14-5-3-9-24-14/h1,3,5-7,9,13,19H,2,4,8,10-12H2/t13-/m1/s1. The lowest BCUT2D eigenvalue weighted by atomic mass is 9.97. The molecule has 5 nitrogen and oxygen atoms in total. The van der Waals surface area contributed by atoms with Gasteiger partial charge >= 0.3 is 5.69 Å². The molecule has 1 aromatic carbocycles. The molecule has 24 heavy (non-hydrogen) atoms. The molecule has 2 heterocycles. The van der Waals surface area contributed by atoms with E-state index >= 15 is 0 Å². The van der Waals surface area contributed by atoms with Crippen LogP contribution in [0.5, 0.6) is 0 Å². The summed E-state index contributed by atoms with van der Waals surface area (Å²) in [6.45, 7) is 3.60. The number of nitrogens with zero attached hydrogens (tertiary/aromatic N) is 2. The zero-order chi connectivity index (χ0) is 16.9. The smallest absolute Gasteiger partial charge is 0.327 e. The van der Waals surface area contributed by atoms with Crippen LogP contribution in [-0.2, 0) is 6.54 Å². The van der Waals surface area contributed by atoms with E-state index in [9.17, 15) is 14.5 Å². The van der Waals surface area contributed by atoms with Crippen LogP contribution in [0.15, 0.2) is 35.7 Å². The largest absolute Gasteiger partial charge is 0.379 e. The summed E-state index contributed by atoms with van der Waals surface area (Å²) in [6.07, 6.45) is 2.19. The molecule has 2 aromatic rings. The molecule has 0 spiro atoms. The minimum Gasteiger partial charge on any atom is -0.379 e. The molecule has 1 aliphatic heterocycles. The van der Waals surface area contributed by atoms with Crippen LogP contribution in [0.25, 0.3) is 0 Å². The topological polar surface area (TPSA) is 58.4 Å². The van der Waals surface area contributed by atoms with Crippen LogP contribution < -0.4 is 5.32 Å². The first-order valence-electron chi connectivity index (χ1n) is 8.05. The summed E-state index contributed by atoms with van der Waals surface area (Å²) >= 11 is 1.76. The number of nitrogens with one attached hydrogen (secondary N) is 1. The maximum atomic E-state index is 13.7. The number of nitro benzene ring substituents is 1. The average Bonchev–Trinajstić information content (AvgIpc) is 3.06. The van der Waals surface area contributed by atoms with Crippen LogP contribution in [0.3, 0.4) is 0 Å². The number of likely N-dealkylation sites (tertiary alicyclic amines) is 1. The van der Waals surface area contributed by atoms with E-state index in [2.05, 4.69) is 27.7 Å². The summed E-state index contributed by atoms with van der Waals surface area (Å²) < 4.78 is 13.7. The minimum atomic E-state index is -0.798. The van der Waals surface area contributed by atoms with Gasteiger partial charge in [-0.1, -0.05) is 12.1 Å². The summed E-state index contributed by atoms with van der Waals surface area (Å²) in [7, 11) is 0. The van der Waals surface area contributed by atoms with Gasteiger partial charge in [-0.3, -0.25) is 15.0 Å². The maximum absolute atomic E-state index is 13.7. The van der Waals surface area contributed by atoms with Crippen molar-refractivity contribution in [1.82, 2.24) is 4.90 Å². The fourth-order valence-electron chi connectivity index (χ4n) is 3.18. The predicted octanol–water partition coefficient (Wildman–Crippen LogP) is 4.12. The van der Waals surface area contributed by atoms with Crippen LogP contribution in [0, 0.1) is 21.8 Å². The van der Waals surface area contributed by atoms with Crippen LogP contribution >= 0.6 is 11.3 Å². The molecule has 1 fully saturated rings. The molecule has 0 saturated carbocycles. The summed E-state index contributed by atoms with van der Waals surface area (Å²) in [5, 5.41) is 16.2. The number of rotatable bonds is 6. The van der Waals surface area contributed by atoms with Crippen LogP contribution in [0.1, 0.15) is 17.7 Å². The van der Waals surface area contributed by atoms with E-state index in [1.54, 1.807) is 17.4 Å². The Morgan fingerprint density at radius 3 is 3.00 bits per heavy atom. The molecule has 0 aliphatic carbocycles. The molecule has 0 unspecified atom stereocenters. The number of hydrogen-bond acceptors (Lipinski definition) is 5. The number of thiophene rings is 1. The Balaban J connectivity index is 1.58. The first-order chi connectivity index (χ1) is 11.6. The number of benzene rings is 1. The van der Waals surface area contributed by atoms with Crippen molar-refractivity contribution in [3.8, 4) is 0 Å². The van der Waals surface area contributed by atoms with Crippen LogP contribution in [0.4, 0.5) is 15.8 Å². The quantitative estimate of drug-likeness (QED) is 0.629. The van der Waals surface area contributed by atoms with Gasteiger partial charge in [0.05, 0.1) is 4.92 Å². The number of piperidine rings is 1. The van der Waals surface area contributed by atoms with Crippen molar-refractivity contribution in [1.29, 1.82) is 0 Å². The van der Waals surface area contributed by atoms with Crippen molar-refractivity contribution in [2.75, 3.05) is 25.0 Å². The predicted molar refractivity (Wildman–Crippen MR) is 93.9 cm³/mol. The van der Waals surface area contributed by atoms with Crippen LogP contribution in [-0.4, -0.2) is 29.5 Å². The Morgan fingerprint density at radius 1 is 1.38 bits per heavy atom. The molecular formula is C17H20FN3O2S. The van der Waals surface area contributed by atoms with Gasteiger partial charge in [0, 0.05) is 24.5 Å². The third-order valence-electron chi connectivity index (χ3n) is 4.31. The Morgan fingerprint density at radius 2 is 2.25 bits per heavy atom. The summed E-state index contributed by atoms with van der Waals surface area (Å²) in [6, 6.07) is 8.38. The van der Waals surface area contributed by atoms with E-state index in [4.69, 9.17) is 0 Å². The second-order valence-electron chi connectivity index (χ2n) is 6.10. The van der Waals surface area contributed by atoms with Gasteiger partial charge in [-0.2, -0.15) is 4.39 Å². The molecule has 1 N–H and O–H groups in total. The number of halogens is 1. The highest BCUT2D eigenvalue weighted by atomic mass is 32.1. The molecule has 1 saturated heterocycles. The molecule has 1 aliphatic rings. The van der Waals surface area contributed by atoms with Crippen molar-refractivity contribution in [2.24, 2.45) is 5.92 Å². The monoisotopic (exact) mass is 349 g/mol. The number of nitro groups is 1. The van der Waals surface area contributed by atoms with Gasteiger partial charge in [0.1, 0.15) is 5.69 Å². The van der Waals surface area contributed by atoms with Gasteiger partial charge in [0.2, 0.25) is 5.82 Å². The number of para-hydroxylation sites is 1. The van der Waals surface area contributed by atoms with E-state index < -0.39 is 16.4 Å². The number of hydrogen-bond donors (Lipinski definition) is 1. The highest BCUT2D eigenvalue weighted by Crippen LogP contribution is 2.28. The zero-order valence-corrected chi connectivity index (χ0v) is 14.1. The summed E-state index contributed by atoms with van der Waals surface area (Å²) in [5.41, 5.74) is -0.209. The highest BCUT2D eigenvalue weighted by molar-refractivity contribution is 7.09. The van der Waals surface area contributed by atoms with Gasteiger partial charge in [0.15, 0.2) is 0 Å². The summed E-state index contributed by atoms with van der Waals surface area (Å²) in [5.74, 6) is -0.394. The van der Waals surface area contributed by atoms with E-state index in [0.29, 0.717) is 12.5 Å². The van der Waals surface area contributed by atoms with E-state index in [0.717, 1.165) is 38.5 Å². The molecule has 7 heteroatoms. The van der Waals surface area contributed by atoms with Gasteiger partial charge in [-0.25, -0.2) is 0 Å². The van der Waals surface area contributed by atoms with Crippen molar-refractivity contribution < 1.29 is 9.31 Å². The Hall–Kier alpha value is -1.99. The van der Waals surface area contributed by atoms with E-state index in [1.807, 2.05) is 0 Å². The first-order valence-corrected chi connectivity index (χ1v) is 8.93. The van der Waals surface area contributed by atoms with Crippen molar-refractivity contribution in [2.45, 2.75) is 19.4 Å². The lowest BCUT2D eigenvalue weighted by molar-refractivity contribution is -0.386. The summed E-state index contributed by atoms with van der Waals surface area (Å²) in [4.78, 5) is 14.1. The van der Waals surface area contributed by atoms with Crippen molar-refractivity contribution in [3.05, 3.63) is 56.5 Å². The fraction of sp³-hybridized carbons (Fsp3) is 0.412. The van der Waals surface area contributed by atoms with Crippen molar-refractivity contribution in [3.63, 3.8) is 0 Å². The van der Waals surface area contributed by atoms with Gasteiger partial charge in [-0.15, -0.1) is 11.3 Å². The van der Waals surface area contributed by atoms with Crippen molar-refractivity contribution >= 4 is 22.7 Å². The SMILES string of the molecule is O=[N+]([O-])c1c(F)cccc1NC[C@H]1CCCN(Cc2cccs2)C1. The number of anilines is 1. The van der Waals surface area contributed by atoms with Gasteiger partial charge < -0.3 is 5.32 Å². The molecular weight excluding hydrogens is 329 g/mol. The molecule has 1 atom stereocenters. The second-order valence-corrected chi connectivity index (χ2v) is 7.13. The fourth-order valence-corrected chi connectivity index (χ4v) is 3.93. The first kappa shape index (κ1) is 16.9. The third kappa shape index (κ3) is 4.10. The second kappa shape index (κ2) is 7.72. The van der Waals surface area contributed by atoms with Crippen LogP contribution in [0.2, 0.25) is 0 Å². The Kier molecular flexibility index (Phi) is 5.42. The highest BCUT2D eigenvalue weighted by Gasteiger charge is 2.23. The Bertz CT molecular complexity index is 693. The Labute approximate surface area is 144 Å². The van der Waals surface area contributed by atoms with Gasteiger partial charge in [-0.05, 0) is 48.9 Å². The molecule has 0 amide bonds. The van der Waals surface area contributed by atoms with E-state index in [-0.39, 0.29) is 5.69 Å². The molecule has 0 radical (unpaired) electrons.